The molecule has 4 rings (SSSR count). The minimum atomic E-state index is -3.89. The van der Waals surface area contributed by atoms with Crippen LogP contribution in [0.5, 0.6) is 0 Å². The maximum atomic E-state index is 13.6. The van der Waals surface area contributed by atoms with Crippen LogP contribution in [-0.2, 0) is 14.8 Å². The molecule has 0 saturated carbocycles. The van der Waals surface area contributed by atoms with E-state index in [9.17, 15) is 13.2 Å². The zero-order valence-corrected chi connectivity index (χ0v) is 20.4. The number of anilines is 1. The normalized spacial score (nSPS) is 17.2. The summed E-state index contributed by atoms with van der Waals surface area (Å²) in [5, 5.41) is 6.92. The van der Waals surface area contributed by atoms with Gasteiger partial charge >= 0.3 is 0 Å². The van der Waals surface area contributed by atoms with Gasteiger partial charge in [0, 0.05) is 18.8 Å². The predicted molar refractivity (Wildman–Crippen MR) is 133 cm³/mol. The zero-order valence-electron chi connectivity index (χ0n) is 19.6. The molecule has 3 aromatic rings. The molecular formula is C26H29N3O4S. The molecule has 1 fully saturated rings. The van der Waals surface area contributed by atoms with Gasteiger partial charge in [0.05, 0.1) is 5.92 Å². The Morgan fingerprint density at radius 2 is 1.76 bits per heavy atom. The van der Waals surface area contributed by atoms with Crippen molar-refractivity contribution >= 4 is 33.8 Å². The van der Waals surface area contributed by atoms with Crippen LogP contribution < -0.4 is 5.32 Å². The summed E-state index contributed by atoms with van der Waals surface area (Å²) in [4.78, 5) is 13.1. The maximum Gasteiger partial charge on any atom is 0.248 e. The highest BCUT2D eigenvalue weighted by atomic mass is 32.2. The molecule has 7 nitrogen and oxygen atoms in total. The number of carbonyl (C=O) groups is 1. The molecule has 1 amide bonds. The molecule has 34 heavy (non-hydrogen) atoms. The number of hydrogen-bond donors (Lipinski definition) is 1. The van der Waals surface area contributed by atoms with E-state index in [2.05, 4.69) is 10.5 Å². The lowest BCUT2D eigenvalue weighted by Gasteiger charge is -2.31. The van der Waals surface area contributed by atoms with E-state index in [-0.39, 0.29) is 23.1 Å². The van der Waals surface area contributed by atoms with E-state index in [1.807, 2.05) is 62.4 Å². The number of amides is 1. The van der Waals surface area contributed by atoms with Crippen molar-refractivity contribution in [2.24, 2.45) is 5.92 Å². The third-order valence-electron chi connectivity index (χ3n) is 6.14. The van der Waals surface area contributed by atoms with Gasteiger partial charge in [-0.15, -0.1) is 0 Å². The van der Waals surface area contributed by atoms with E-state index < -0.39 is 15.9 Å². The van der Waals surface area contributed by atoms with E-state index >= 15 is 0 Å². The lowest BCUT2D eigenvalue weighted by atomic mass is 9.98. The topological polar surface area (TPSA) is 92.5 Å². The van der Waals surface area contributed by atoms with Crippen molar-refractivity contribution in [1.29, 1.82) is 0 Å². The Balaban J connectivity index is 1.55. The molecule has 1 aromatic heterocycles. The number of carbonyl (C=O) groups excluding carboxylic acids is 1. The summed E-state index contributed by atoms with van der Waals surface area (Å²) < 4.78 is 33.9. The van der Waals surface area contributed by atoms with Crippen LogP contribution in [0.4, 0.5) is 5.69 Å². The Morgan fingerprint density at radius 1 is 1.06 bits per heavy atom. The van der Waals surface area contributed by atoms with E-state index in [0.29, 0.717) is 25.1 Å². The second kappa shape index (κ2) is 9.95. The highest BCUT2D eigenvalue weighted by Crippen LogP contribution is 2.30. The van der Waals surface area contributed by atoms with Gasteiger partial charge in [0.2, 0.25) is 15.9 Å². The molecule has 8 heteroatoms. The van der Waals surface area contributed by atoms with E-state index in [1.54, 1.807) is 19.1 Å². The van der Waals surface area contributed by atoms with Gasteiger partial charge in [-0.2, -0.15) is 4.31 Å². The fraction of sp³-hybridized carbons (Fsp3) is 0.308. The predicted octanol–water partition coefficient (Wildman–Crippen LogP) is 4.81. The third-order valence-corrected chi connectivity index (χ3v) is 8.17. The van der Waals surface area contributed by atoms with Gasteiger partial charge < -0.3 is 9.84 Å². The fourth-order valence-corrected chi connectivity index (χ4v) is 6.05. The summed E-state index contributed by atoms with van der Waals surface area (Å²) >= 11 is 0. The van der Waals surface area contributed by atoms with Crippen molar-refractivity contribution < 1.29 is 17.7 Å². The van der Waals surface area contributed by atoms with Gasteiger partial charge in [-0.1, -0.05) is 59.8 Å². The number of rotatable bonds is 6. The molecule has 178 valence electrons. The number of nitrogens with zero attached hydrogens (tertiary/aromatic N) is 2. The van der Waals surface area contributed by atoms with Gasteiger partial charge in [0.15, 0.2) is 10.7 Å². The largest absolute Gasteiger partial charge is 0.355 e. The van der Waals surface area contributed by atoms with Gasteiger partial charge in [-0.25, -0.2) is 8.42 Å². The first kappa shape index (κ1) is 23.9. The summed E-state index contributed by atoms with van der Waals surface area (Å²) in [6.45, 7) is 5.97. The molecule has 2 heterocycles. The summed E-state index contributed by atoms with van der Waals surface area (Å²) in [5.74, 6) is -0.419. The minimum absolute atomic E-state index is 0.0514. The Kier molecular flexibility index (Phi) is 7.00. The van der Waals surface area contributed by atoms with Crippen LogP contribution in [-0.4, -0.2) is 36.9 Å². The molecular weight excluding hydrogens is 450 g/mol. The number of nitrogens with one attached hydrogen (secondary N) is 1. The molecule has 2 aromatic carbocycles. The minimum Gasteiger partial charge on any atom is -0.355 e. The Bertz CT molecular complexity index is 1290. The average molecular weight is 480 g/mol. The van der Waals surface area contributed by atoms with Crippen LogP contribution in [0.15, 0.2) is 57.9 Å². The highest BCUT2D eigenvalue weighted by Gasteiger charge is 2.37. The molecule has 0 radical (unpaired) electrons. The van der Waals surface area contributed by atoms with E-state index in [4.69, 9.17) is 4.52 Å². The Labute approximate surface area is 200 Å². The summed E-state index contributed by atoms with van der Waals surface area (Å²) in [6.07, 6.45) is 4.64. The van der Waals surface area contributed by atoms with Crippen molar-refractivity contribution in [3.8, 4) is 0 Å². The molecule has 1 N–H and O–H groups in total. The van der Waals surface area contributed by atoms with Crippen LogP contribution in [0.1, 0.15) is 41.0 Å². The number of aromatic nitrogens is 1. The first-order valence-corrected chi connectivity index (χ1v) is 12.8. The monoisotopic (exact) mass is 479 g/mol. The van der Waals surface area contributed by atoms with Crippen LogP contribution in [0.3, 0.4) is 0 Å². The lowest BCUT2D eigenvalue weighted by Crippen LogP contribution is -2.44. The van der Waals surface area contributed by atoms with Crippen molar-refractivity contribution in [3.63, 3.8) is 0 Å². The van der Waals surface area contributed by atoms with Crippen molar-refractivity contribution in [2.45, 2.75) is 38.5 Å². The first-order chi connectivity index (χ1) is 16.3. The summed E-state index contributed by atoms with van der Waals surface area (Å²) in [6, 6.07) is 15.4. The third kappa shape index (κ3) is 4.98. The number of benzene rings is 2. The number of para-hydroxylation sites is 1. The standard InChI is InChI=1S/C26H29N3O4S/c1-18-9-7-10-19(2)24(18)27-26(30)22-13-8-16-29(17-22)34(31,32)25-20(3)28-33-23(25)15-14-21-11-5-4-6-12-21/h4-7,9-12,14-15,22H,8,13,16-17H2,1-3H3,(H,27,30). The average Bonchev–Trinajstić information content (AvgIpc) is 3.22. The summed E-state index contributed by atoms with van der Waals surface area (Å²) in [7, 11) is -3.89. The quantitative estimate of drug-likeness (QED) is 0.548. The van der Waals surface area contributed by atoms with Crippen LogP contribution in [0, 0.1) is 26.7 Å². The fourth-order valence-electron chi connectivity index (χ4n) is 4.28. The molecule has 1 aliphatic rings. The zero-order chi connectivity index (χ0) is 24.3. The van der Waals surface area contributed by atoms with Crippen molar-refractivity contribution in [2.75, 3.05) is 18.4 Å². The van der Waals surface area contributed by atoms with Crippen LogP contribution in [0.2, 0.25) is 0 Å². The maximum absolute atomic E-state index is 13.6. The Hall–Kier alpha value is -3.23. The number of sulfonamides is 1. The molecule has 0 aliphatic carbocycles. The molecule has 1 unspecified atom stereocenters. The van der Waals surface area contributed by atoms with Gasteiger partial charge in [0.25, 0.3) is 0 Å². The van der Waals surface area contributed by atoms with E-state index in [0.717, 1.165) is 22.4 Å². The SMILES string of the molecule is Cc1cccc(C)c1NC(=O)C1CCCN(S(=O)(=O)c2c(C)noc2C=Cc2ccccc2)C1. The lowest BCUT2D eigenvalue weighted by molar-refractivity contribution is -0.120. The molecule has 1 atom stereocenters. The van der Waals surface area contributed by atoms with Crippen LogP contribution >= 0.6 is 0 Å². The van der Waals surface area contributed by atoms with E-state index in [1.165, 1.54) is 4.31 Å². The van der Waals surface area contributed by atoms with Crippen molar-refractivity contribution in [1.82, 2.24) is 9.46 Å². The number of aryl methyl sites for hydroxylation is 3. The van der Waals surface area contributed by atoms with Crippen LogP contribution in [0.25, 0.3) is 12.2 Å². The smallest absolute Gasteiger partial charge is 0.248 e. The molecule has 1 aliphatic heterocycles. The van der Waals surface area contributed by atoms with Gasteiger partial charge in [-0.05, 0) is 56.4 Å². The van der Waals surface area contributed by atoms with Gasteiger partial charge in [0.1, 0.15) is 5.69 Å². The Morgan fingerprint density at radius 3 is 2.47 bits per heavy atom. The molecule has 1 saturated heterocycles. The molecule has 0 bridgehead atoms. The number of hydrogen-bond acceptors (Lipinski definition) is 5. The van der Waals surface area contributed by atoms with Crippen molar-refractivity contribution in [3.05, 3.63) is 76.7 Å². The van der Waals surface area contributed by atoms with Gasteiger partial charge in [-0.3, -0.25) is 4.79 Å². The number of piperidine rings is 1. The first-order valence-electron chi connectivity index (χ1n) is 11.3. The highest BCUT2D eigenvalue weighted by molar-refractivity contribution is 7.89. The summed E-state index contributed by atoms with van der Waals surface area (Å²) in [5.41, 5.74) is 3.96. The molecule has 0 spiro atoms. The second-order valence-corrected chi connectivity index (χ2v) is 10.5. The second-order valence-electron chi connectivity index (χ2n) is 8.66.